The number of hydrogen-bond donors (Lipinski definition) is 0. The van der Waals surface area contributed by atoms with Gasteiger partial charge >= 0.3 is 0 Å². The van der Waals surface area contributed by atoms with E-state index in [1.54, 1.807) is 24.9 Å². The van der Waals surface area contributed by atoms with Crippen molar-refractivity contribution in [2.45, 2.75) is 22.8 Å². The standard InChI is InChI=1S/C25H26FNO2S/c1-28-22-13-7-8-14-24(22)30-25(20-11-5-6-12-21(20)26)23-18-27(15-16-29-23)17-19-9-3-2-4-10-19/h2-14,23,25H,15-18H2,1H3/t23-,25?/m0/s1. The van der Waals surface area contributed by atoms with Crippen LogP contribution >= 0.6 is 11.8 Å². The lowest BCUT2D eigenvalue weighted by atomic mass is 10.0. The van der Waals surface area contributed by atoms with E-state index < -0.39 is 0 Å². The van der Waals surface area contributed by atoms with Gasteiger partial charge in [0, 0.05) is 25.2 Å². The monoisotopic (exact) mass is 423 g/mol. The minimum absolute atomic E-state index is 0.130. The van der Waals surface area contributed by atoms with Gasteiger partial charge in [-0.05, 0) is 23.8 Å². The number of thioether (sulfide) groups is 1. The number of para-hydroxylation sites is 1. The average molecular weight is 424 g/mol. The Balaban J connectivity index is 1.59. The van der Waals surface area contributed by atoms with Crippen LogP contribution < -0.4 is 4.74 Å². The van der Waals surface area contributed by atoms with E-state index in [0.29, 0.717) is 12.2 Å². The molecular weight excluding hydrogens is 397 g/mol. The zero-order valence-corrected chi connectivity index (χ0v) is 17.9. The molecule has 1 aliphatic rings. The van der Waals surface area contributed by atoms with E-state index in [4.69, 9.17) is 9.47 Å². The van der Waals surface area contributed by atoms with Crippen LogP contribution in [0.3, 0.4) is 0 Å². The molecule has 4 rings (SSSR count). The number of methoxy groups -OCH3 is 1. The van der Waals surface area contributed by atoms with Gasteiger partial charge in [-0.3, -0.25) is 4.90 Å². The fourth-order valence-corrected chi connectivity index (χ4v) is 5.13. The van der Waals surface area contributed by atoms with Crippen molar-refractivity contribution < 1.29 is 13.9 Å². The first-order valence-corrected chi connectivity index (χ1v) is 11.0. The molecule has 0 spiro atoms. The molecule has 1 heterocycles. The van der Waals surface area contributed by atoms with Gasteiger partial charge in [0.25, 0.3) is 0 Å². The Morgan fingerprint density at radius 2 is 1.77 bits per heavy atom. The first kappa shape index (κ1) is 20.9. The van der Waals surface area contributed by atoms with E-state index in [2.05, 4.69) is 29.2 Å². The first-order chi connectivity index (χ1) is 14.7. The van der Waals surface area contributed by atoms with Crippen molar-refractivity contribution in [3.8, 4) is 5.75 Å². The molecule has 156 valence electrons. The van der Waals surface area contributed by atoms with E-state index in [1.165, 1.54) is 11.6 Å². The Morgan fingerprint density at radius 1 is 1.03 bits per heavy atom. The topological polar surface area (TPSA) is 21.7 Å². The summed E-state index contributed by atoms with van der Waals surface area (Å²) in [4.78, 5) is 3.37. The minimum Gasteiger partial charge on any atom is -0.496 e. The summed E-state index contributed by atoms with van der Waals surface area (Å²) in [6.45, 7) is 3.11. The van der Waals surface area contributed by atoms with Crippen molar-refractivity contribution in [3.63, 3.8) is 0 Å². The molecule has 1 saturated heterocycles. The van der Waals surface area contributed by atoms with Gasteiger partial charge in [0.15, 0.2) is 0 Å². The molecule has 3 nitrogen and oxygen atoms in total. The van der Waals surface area contributed by atoms with Crippen LogP contribution in [0.25, 0.3) is 0 Å². The Labute approximate surface area is 181 Å². The molecule has 0 aliphatic carbocycles. The van der Waals surface area contributed by atoms with Crippen molar-refractivity contribution in [3.05, 3.63) is 95.8 Å². The lowest BCUT2D eigenvalue weighted by molar-refractivity contribution is -0.0323. The lowest BCUT2D eigenvalue weighted by Gasteiger charge is -2.37. The predicted octanol–water partition coefficient (Wildman–Crippen LogP) is 5.57. The number of benzene rings is 3. The highest BCUT2D eigenvalue weighted by molar-refractivity contribution is 7.99. The van der Waals surface area contributed by atoms with Crippen LogP contribution in [0, 0.1) is 5.82 Å². The molecule has 0 radical (unpaired) electrons. The highest BCUT2D eigenvalue weighted by Gasteiger charge is 2.32. The van der Waals surface area contributed by atoms with E-state index in [9.17, 15) is 4.39 Å². The SMILES string of the molecule is COc1ccccc1SC(c1ccccc1F)[C@@H]1CN(Cc2ccccc2)CCO1. The number of halogens is 1. The molecule has 0 bridgehead atoms. The Morgan fingerprint density at radius 3 is 2.57 bits per heavy atom. The van der Waals surface area contributed by atoms with Gasteiger partial charge < -0.3 is 9.47 Å². The smallest absolute Gasteiger partial charge is 0.132 e. The zero-order valence-electron chi connectivity index (χ0n) is 17.0. The average Bonchev–Trinajstić information content (AvgIpc) is 2.79. The van der Waals surface area contributed by atoms with Crippen LogP contribution in [0.2, 0.25) is 0 Å². The molecule has 0 aromatic heterocycles. The molecule has 3 aromatic carbocycles. The molecule has 1 unspecified atom stereocenters. The van der Waals surface area contributed by atoms with Crippen molar-refractivity contribution in [2.24, 2.45) is 0 Å². The molecule has 1 fully saturated rings. The third-order valence-corrected chi connectivity index (χ3v) is 6.70. The van der Waals surface area contributed by atoms with Gasteiger partial charge in [-0.1, -0.05) is 60.7 Å². The van der Waals surface area contributed by atoms with Crippen molar-refractivity contribution >= 4 is 11.8 Å². The highest BCUT2D eigenvalue weighted by Crippen LogP contribution is 2.44. The third-order valence-electron chi connectivity index (χ3n) is 5.30. The molecule has 0 saturated carbocycles. The van der Waals surface area contributed by atoms with Gasteiger partial charge in [0.2, 0.25) is 0 Å². The summed E-state index contributed by atoms with van der Waals surface area (Å²) in [5.41, 5.74) is 1.94. The van der Waals surface area contributed by atoms with Crippen LogP contribution in [0.4, 0.5) is 4.39 Å². The highest BCUT2D eigenvalue weighted by atomic mass is 32.2. The summed E-state index contributed by atoms with van der Waals surface area (Å²) in [5, 5.41) is -0.180. The van der Waals surface area contributed by atoms with Gasteiger partial charge in [0.05, 0.1) is 30.0 Å². The first-order valence-electron chi connectivity index (χ1n) is 10.2. The maximum atomic E-state index is 14.8. The lowest BCUT2D eigenvalue weighted by Crippen LogP contribution is -2.44. The molecule has 0 amide bonds. The van der Waals surface area contributed by atoms with Crippen LogP contribution in [0.5, 0.6) is 5.75 Å². The quantitative estimate of drug-likeness (QED) is 0.463. The molecular formula is C25H26FNO2S. The van der Waals surface area contributed by atoms with E-state index in [-0.39, 0.29) is 17.2 Å². The van der Waals surface area contributed by atoms with Crippen molar-refractivity contribution in [2.75, 3.05) is 26.8 Å². The maximum Gasteiger partial charge on any atom is 0.132 e. The van der Waals surface area contributed by atoms with E-state index in [1.807, 2.05) is 42.5 Å². The largest absolute Gasteiger partial charge is 0.496 e. The molecule has 30 heavy (non-hydrogen) atoms. The molecule has 3 aromatic rings. The number of rotatable bonds is 7. The summed E-state index contributed by atoms with van der Waals surface area (Å²) >= 11 is 1.61. The molecule has 1 aliphatic heterocycles. The minimum atomic E-state index is -0.200. The van der Waals surface area contributed by atoms with Crippen LogP contribution in [-0.4, -0.2) is 37.8 Å². The Kier molecular flexibility index (Phi) is 7.05. The normalized spacial score (nSPS) is 18.1. The summed E-state index contributed by atoms with van der Waals surface area (Å²) in [7, 11) is 1.66. The Hall–Kier alpha value is -2.34. The summed E-state index contributed by atoms with van der Waals surface area (Å²) in [6.07, 6.45) is -0.130. The zero-order chi connectivity index (χ0) is 20.8. The second kappa shape index (κ2) is 10.1. The second-order valence-electron chi connectivity index (χ2n) is 7.34. The summed E-state index contributed by atoms with van der Waals surface area (Å²) < 4.78 is 26.5. The molecule has 5 heteroatoms. The van der Waals surface area contributed by atoms with Crippen LogP contribution in [0.1, 0.15) is 16.4 Å². The van der Waals surface area contributed by atoms with Gasteiger partial charge in [-0.2, -0.15) is 0 Å². The number of morpholine rings is 1. The van der Waals surface area contributed by atoms with E-state index >= 15 is 0 Å². The number of ether oxygens (including phenoxy) is 2. The molecule has 2 atom stereocenters. The van der Waals surface area contributed by atoms with Crippen LogP contribution in [0.15, 0.2) is 83.8 Å². The fraction of sp³-hybridized carbons (Fsp3) is 0.280. The van der Waals surface area contributed by atoms with Gasteiger partial charge in [0.1, 0.15) is 11.6 Å². The Bertz CT molecular complexity index is 953. The van der Waals surface area contributed by atoms with Gasteiger partial charge in [-0.15, -0.1) is 11.8 Å². The number of hydrogen-bond acceptors (Lipinski definition) is 4. The second-order valence-corrected chi connectivity index (χ2v) is 8.52. The van der Waals surface area contributed by atoms with Gasteiger partial charge in [-0.25, -0.2) is 4.39 Å². The maximum absolute atomic E-state index is 14.8. The van der Waals surface area contributed by atoms with Crippen LogP contribution in [-0.2, 0) is 11.3 Å². The van der Waals surface area contributed by atoms with E-state index in [0.717, 1.165) is 30.3 Å². The molecule has 0 N–H and O–H groups in total. The van der Waals surface area contributed by atoms with Crippen molar-refractivity contribution in [1.82, 2.24) is 4.90 Å². The van der Waals surface area contributed by atoms with Crippen molar-refractivity contribution in [1.29, 1.82) is 0 Å². The number of nitrogens with zero attached hydrogens (tertiary/aromatic N) is 1. The predicted molar refractivity (Wildman–Crippen MR) is 119 cm³/mol. The summed E-state index contributed by atoms with van der Waals surface area (Å²) in [5.74, 6) is 0.592. The third kappa shape index (κ3) is 5.04. The fourth-order valence-electron chi connectivity index (χ4n) is 3.80. The summed E-state index contributed by atoms with van der Waals surface area (Å²) in [6, 6.07) is 25.3.